The zero-order chi connectivity index (χ0) is 22.0. The van der Waals surface area contributed by atoms with Crippen LogP contribution in [0.15, 0.2) is 82.7 Å². The van der Waals surface area contributed by atoms with Gasteiger partial charge in [0.2, 0.25) is 0 Å². The van der Waals surface area contributed by atoms with Gasteiger partial charge in [-0.2, -0.15) is 5.10 Å². The molecule has 0 aliphatic carbocycles. The van der Waals surface area contributed by atoms with E-state index < -0.39 is 9.84 Å². The first kappa shape index (κ1) is 20.4. The van der Waals surface area contributed by atoms with Gasteiger partial charge in [-0.1, -0.05) is 30.3 Å². The van der Waals surface area contributed by atoms with Gasteiger partial charge >= 0.3 is 0 Å². The first-order valence-corrected chi connectivity index (χ1v) is 11.2. The smallest absolute Gasteiger partial charge is 0.267 e. The number of rotatable bonds is 5. The summed E-state index contributed by atoms with van der Waals surface area (Å²) >= 11 is 0. The Labute approximate surface area is 179 Å². The predicted octanol–water partition coefficient (Wildman–Crippen LogP) is 2.40. The van der Waals surface area contributed by atoms with Crippen LogP contribution in [-0.2, 0) is 16.4 Å². The van der Waals surface area contributed by atoms with Crippen LogP contribution < -0.4 is 11.3 Å². The van der Waals surface area contributed by atoms with Crippen LogP contribution in [0.4, 0.5) is 5.69 Å². The molecule has 2 N–H and O–H groups in total. The fourth-order valence-corrected chi connectivity index (χ4v) is 3.69. The molecule has 0 amide bonds. The second kappa shape index (κ2) is 8.11. The van der Waals surface area contributed by atoms with Crippen LogP contribution in [0.5, 0.6) is 0 Å². The van der Waals surface area contributed by atoms with E-state index in [1.54, 1.807) is 30.6 Å². The molecule has 0 spiro atoms. The number of nitrogens with zero attached hydrogens (tertiary/aromatic N) is 4. The van der Waals surface area contributed by atoms with E-state index in [2.05, 4.69) is 15.1 Å². The monoisotopic (exact) mass is 433 g/mol. The molecule has 156 valence electrons. The van der Waals surface area contributed by atoms with Gasteiger partial charge in [-0.3, -0.25) is 4.79 Å². The molecule has 4 aromatic rings. The van der Waals surface area contributed by atoms with Gasteiger partial charge in [-0.15, -0.1) is 0 Å². The van der Waals surface area contributed by atoms with Crippen LogP contribution in [0.3, 0.4) is 0 Å². The van der Waals surface area contributed by atoms with Crippen LogP contribution in [0.2, 0.25) is 0 Å². The standard InChI is InChI=1S/C22H19N5O3S/c1-31(29,30)19-7-5-16(6-8-19)20-9-10-21(28)27(26-20)14-15-3-2-4-17(11-15)22-24-12-18(23)13-25-22/h2-13H,14,23H2,1H3. The fraction of sp³-hybridized carbons (Fsp3) is 0.0909. The quantitative estimate of drug-likeness (QED) is 0.513. The van der Waals surface area contributed by atoms with Crippen LogP contribution in [0.25, 0.3) is 22.6 Å². The van der Waals surface area contributed by atoms with E-state index in [-0.39, 0.29) is 17.0 Å². The minimum atomic E-state index is -3.28. The molecule has 2 heterocycles. The van der Waals surface area contributed by atoms with E-state index in [4.69, 9.17) is 5.73 Å². The lowest BCUT2D eigenvalue weighted by atomic mass is 10.1. The van der Waals surface area contributed by atoms with Gasteiger partial charge in [0.1, 0.15) is 0 Å². The van der Waals surface area contributed by atoms with Gasteiger partial charge in [0.25, 0.3) is 5.56 Å². The summed E-state index contributed by atoms with van der Waals surface area (Å²) in [4.78, 5) is 21.1. The second-order valence-electron chi connectivity index (χ2n) is 7.05. The van der Waals surface area contributed by atoms with Crippen molar-refractivity contribution in [1.29, 1.82) is 0 Å². The van der Waals surface area contributed by atoms with E-state index in [9.17, 15) is 13.2 Å². The summed E-state index contributed by atoms with van der Waals surface area (Å²) in [5.41, 5.74) is 8.83. The summed E-state index contributed by atoms with van der Waals surface area (Å²) in [6, 6.07) is 17.0. The molecule has 0 fully saturated rings. The third-order valence-corrected chi connectivity index (χ3v) is 5.76. The van der Waals surface area contributed by atoms with Crippen molar-refractivity contribution >= 4 is 15.5 Å². The van der Waals surface area contributed by atoms with Crippen molar-refractivity contribution in [2.45, 2.75) is 11.4 Å². The van der Waals surface area contributed by atoms with Gasteiger partial charge in [0, 0.05) is 23.4 Å². The molecule has 0 radical (unpaired) electrons. The molecule has 0 atom stereocenters. The lowest BCUT2D eigenvalue weighted by Gasteiger charge is -2.09. The first-order chi connectivity index (χ1) is 14.8. The second-order valence-corrected chi connectivity index (χ2v) is 9.07. The van der Waals surface area contributed by atoms with Gasteiger partial charge < -0.3 is 5.73 Å². The van der Waals surface area contributed by atoms with Crippen LogP contribution >= 0.6 is 0 Å². The van der Waals surface area contributed by atoms with Crippen molar-refractivity contribution < 1.29 is 8.42 Å². The Kier molecular flexibility index (Phi) is 5.35. The number of aromatic nitrogens is 4. The topological polar surface area (TPSA) is 121 Å². The lowest BCUT2D eigenvalue weighted by Crippen LogP contribution is -2.22. The number of nitrogens with two attached hydrogens (primary N) is 1. The summed E-state index contributed by atoms with van der Waals surface area (Å²) in [7, 11) is -3.28. The van der Waals surface area contributed by atoms with Crippen LogP contribution in [0.1, 0.15) is 5.56 Å². The van der Waals surface area contributed by atoms with Crippen molar-refractivity contribution in [1.82, 2.24) is 19.7 Å². The van der Waals surface area contributed by atoms with Crippen LogP contribution in [0, 0.1) is 0 Å². The van der Waals surface area contributed by atoms with Gasteiger partial charge in [-0.05, 0) is 29.8 Å². The normalized spacial score (nSPS) is 11.4. The summed E-state index contributed by atoms with van der Waals surface area (Å²) < 4.78 is 24.7. The number of hydrogen-bond donors (Lipinski definition) is 1. The van der Waals surface area contributed by atoms with Crippen LogP contribution in [-0.4, -0.2) is 34.4 Å². The Morgan fingerprint density at radius 1 is 0.935 bits per heavy atom. The highest BCUT2D eigenvalue weighted by atomic mass is 32.2. The summed E-state index contributed by atoms with van der Waals surface area (Å²) in [5, 5.41) is 4.45. The lowest BCUT2D eigenvalue weighted by molar-refractivity contribution is 0.602. The van der Waals surface area contributed by atoms with Crippen molar-refractivity contribution in [2.24, 2.45) is 0 Å². The van der Waals surface area contributed by atoms with Gasteiger partial charge in [0.05, 0.1) is 35.2 Å². The maximum absolute atomic E-state index is 12.4. The zero-order valence-corrected chi connectivity index (χ0v) is 17.5. The highest BCUT2D eigenvalue weighted by Crippen LogP contribution is 2.20. The Balaban J connectivity index is 1.63. The number of sulfone groups is 1. The third-order valence-electron chi connectivity index (χ3n) is 4.63. The minimum absolute atomic E-state index is 0.228. The molecule has 2 aromatic carbocycles. The molecular weight excluding hydrogens is 414 g/mol. The summed E-state index contributed by atoms with van der Waals surface area (Å²) in [6.45, 7) is 0.261. The molecule has 0 saturated heterocycles. The van der Waals surface area contributed by atoms with E-state index in [0.29, 0.717) is 22.8 Å². The fourth-order valence-electron chi connectivity index (χ4n) is 3.06. The summed E-state index contributed by atoms with van der Waals surface area (Å²) in [6.07, 6.45) is 4.24. The predicted molar refractivity (Wildman–Crippen MR) is 118 cm³/mol. The largest absolute Gasteiger partial charge is 0.396 e. The van der Waals surface area contributed by atoms with E-state index in [0.717, 1.165) is 17.4 Å². The summed E-state index contributed by atoms with van der Waals surface area (Å²) in [5.74, 6) is 0.538. The Morgan fingerprint density at radius 3 is 2.32 bits per heavy atom. The molecule has 31 heavy (non-hydrogen) atoms. The first-order valence-electron chi connectivity index (χ1n) is 9.35. The average Bonchev–Trinajstić information content (AvgIpc) is 2.75. The molecule has 0 aliphatic heterocycles. The molecule has 8 nitrogen and oxygen atoms in total. The molecule has 0 bridgehead atoms. The molecule has 0 aliphatic rings. The van der Waals surface area contributed by atoms with Crippen molar-refractivity contribution in [3.8, 4) is 22.6 Å². The van der Waals surface area contributed by atoms with Gasteiger partial charge in [-0.25, -0.2) is 23.1 Å². The number of anilines is 1. The maximum atomic E-state index is 12.4. The van der Waals surface area contributed by atoms with E-state index in [1.807, 2.05) is 24.3 Å². The van der Waals surface area contributed by atoms with Gasteiger partial charge in [0.15, 0.2) is 15.7 Å². The Morgan fingerprint density at radius 2 is 1.65 bits per heavy atom. The Hall–Kier alpha value is -3.85. The molecule has 0 saturated carbocycles. The average molecular weight is 433 g/mol. The SMILES string of the molecule is CS(=O)(=O)c1ccc(-c2ccc(=O)n(Cc3cccc(-c4ncc(N)cn4)c3)n2)cc1. The zero-order valence-electron chi connectivity index (χ0n) is 16.6. The number of hydrogen-bond acceptors (Lipinski definition) is 7. The van der Waals surface area contributed by atoms with Crippen molar-refractivity contribution in [3.63, 3.8) is 0 Å². The number of nitrogen functional groups attached to an aromatic ring is 1. The van der Waals surface area contributed by atoms with E-state index in [1.165, 1.54) is 22.9 Å². The third kappa shape index (κ3) is 4.67. The molecule has 4 rings (SSSR count). The van der Waals surface area contributed by atoms with Crippen molar-refractivity contribution in [2.75, 3.05) is 12.0 Å². The molecular formula is C22H19N5O3S. The molecule has 9 heteroatoms. The minimum Gasteiger partial charge on any atom is -0.396 e. The van der Waals surface area contributed by atoms with E-state index >= 15 is 0 Å². The highest BCUT2D eigenvalue weighted by Gasteiger charge is 2.09. The maximum Gasteiger partial charge on any atom is 0.267 e. The van der Waals surface area contributed by atoms with Crippen molar-refractivity contribution in [3.05, 3.63) is 89.0 Å². The number of benzene rings is 2. The highest BCUT2D eigenvalue weighted by molar-refractivity contribution is 7.90. The molecule has 0 unspecified atom stereocenters. The molecule has 2 aromatic heterocycles. The Bertz CT molecular complexity index is 1400.